The maximum absolute atomic E-state index is 9.64. The molecule has 1 saturated heterocycles. The second-order valence-corrected chi connectivity index (χ2v) is 7.52. The van der Waals surface area contributed by atoms with Crippen LogP contribution in [0.1, 0.15) is 18.4 Å². The largest absolute Gasteiger partial charge is 0.393 e. The Bertz CT molecular complexity index is 834. The number of aliphatic hydroxyl groups excluding tert-OH is 1. The van der Waals surface area contributed by atoms with Crippen molar-refractivity contribution in [1.29, 1.82) is 0 Å². The van der Waals surface area contributed by atoms with Crippen LogP contribution in [0.15, 0.2) is 48.5 Å². The van der Waals surface area contributed by atoms with Crippen LogP contribution in [-0.4, -0.2) is 34.5 Å². The first-order valence-electron chi connectivity index (χ1n) is 8.63. The lowest BCUT2D eigenvalue weighted by atomic mass is 10.1. The quantitative estimate of drug-likeness (QED) is 0.770. The molecule has 0 amide bonds. The van der Waals surface area contributed by atoms with Crippen molar-refractivity contribution in [2.45, 2.75) is 25.9 Å². The van der Waals surface area contributed by atoms with E-state index in [1.165, 1.54) is 11.3 Å². The standard InChI is InChI=1S/C20H21N3OS/c1-14-2-4-15(5-3-14)19-21-22-20(25-19)16-6-8-17(9-7-16)23-12-10-18(24)11-13-23/h2-9,18,24H,10-13H2,1H3. The molecule has 1 aliphatic rings. The second kappa shape index (κ2) is 6.94. The molecule has 2 heterocycles. The summed E-state index contributed by atoms with van der Waals surface area (Å²) in [6.45, 7) is 3.91. The molecule has 1 N–H and O–H groups in total. The SMILES string of the molecule is Cc1ccc(-c2nnc(-c3ccc(N4CCC(O)CC4)cc3)s2)cc1. The van der Waals surface area contributed by atoms with Crippen LogP contribution < -0.4 is 4.90 Å². The number of benzene rings is 2. The molecule has 0 bridgehead atoms. The van der Waals surface area contributed by atoms with Gasteiger partial charge in [0.1, 0.15) is 10.0 Å². The molecule has 3 aromatic rings. The number of aryl methyl sites for hydroxylation is 1. The Balaban J connectivity index is 1.51. The van der Waals surface area contributed by atoms with Gasteiger partial charge in [0, 0.05) is 29.9 Å². The topological polar surface area (TPSA) is 49.2 Å². The first kappa shape index (κ1) is 16.2. The molecule has 0 aliphatic carbocycles. The summed E-state index contributed by atoms with van der Waals surface area (Å²) in [7, 11) is 0. The van der Waals surface area contributed by atoms with Crippen LogP contribution in [0.3, 0.4) is 0 Å². The number of hydrogen-bond acceptors (Lipinski definition) is 5. The molecule has 0 radical (unpaired) electrons. The first-order valence-corrected chi connectivity index (χ1v) is 9.45. The fraction of sp³-hybridized carbons (Fsp3) is 0.300. The van der Waals surface area contributed by atoms with E-state index < -0.39 is 0 Å². The Kier molecular flexibility index (Phi) is 4.51. The smallest absolute Gasteiger partial charge is 0.148 e. The van der Waals surface area contributed by atoms with Crippen LogP contribution in [0.25, 0.3) is 21.1 Å². The van der Waals surface area contributed by atoms with E-state index >= 15 is 0 Å². The fourth-order valence-corrected chi connectivity index (χ4v) is 3.95. The van der Waals surface area contributed by atoms with Gasteiger partial charge in [0.15, 0.2) is 0 Å². The molecule has 25 heavy (non-hydrogen) atoms. The summed E-state index contributed by atoms with van der Waals surface area (Å²) in [6.07, 6.45) is 1.55. The van der Waals surface area contributed by atoms with Crippen LogP contribution in [0.5, 0.6) is 0 Å². The molecule has 128 valence electrons. The lowest BCUT2D eigenvalue weighted by Gasteiger charge is -2.31. The monoisotopic (exact) mass is 351 g/mol. The molecule has 1 aromatic heterocycles. The molecule has 0 unspecified atom stereocenters. The highest BCUT2D eigenvalue weighted by atomic mass is 32.1. The number of hydrogen-bond donors (Lipinski definition) is 1. The third-order valence-electron chi connectivity index (χ3n) is 4.67. The molecule has 1 aliphatic heterocycles. The Hall–Kier alpha value is -2.24. The lowest BCUT2D eigenvalue weighted by Crippen LogP contribution is -2.35. The lowest BCUT2D eigenvalue weighted by molar-refractivity contribution is 0.145. The molecule has 5 heteroatoms. The van der Waals surface area contributed by atoms with Gasteiger partial charge in [0.05, 0.1) is 6.10 Å². The molecule has 0 atom stereocenters. The van der Waals surface area contributed by atoms with Gasteiger partial charge in [-0.3, -0.25) is 0 Å². The highest BCUT2D eigenvalue weighted by Gasteiger charge is 2.17. The Morgan fingerprint density at radius 2 is 1.40 bits per heavy atom. The second-order valence-electron chi connectivity index (χ2n) is 6.54. The van der Waals surface area contributed by atoms with Gasteiger partial charge in [-0.05, 0) is 44.0 Å². The van der Waals surface area contributed by atoms with E-state index in [4.69, 9.17) is 0 Å². The normalized spacial score (nSPS) is 15.5. The van der Waals surface area contributed by atoms with Gasteiger partial charge in [0.25, 0.3) is 0 Å². The minimum atomic E-state index is -0.142. The van der Waals surface area contributed by atoms with Gasteiger partial charge in [-0.25, -0.2) is 0 Å². The Morgan fingerprint density at radius 1 is 0.880 bits per heavy atom. The fourth-order valence-electron chi connectivity index (χ4n) is 3.09. The zero-order valence-corrected chi connectivity index (χ0v) is 15.0. The van der Waals surface area contributed by atoms with Crippen LogP contribution in [0.4, 0.5) is 5.69 Å². The summed E-state index contributed by atoms with van der Waals surface area (Å²) in [5.41, 5.74) is 4.66. The van der Waals surface area contributed by atoms with Crippen LogP contribution in [0.2, 0.25) is 0 Å². The van der Waals surface area contributed by atoms with E-state index in [1.807, 2.05) is 0 Å². The van der Waals surface area contributed by atoms with Crippen molar-refractivity contribution < 1.29 is 5.11 Å². The molecular formula is C20H21N3OS. The van der Waals surface area contributed by atoms with E-state index in [-0.39, 0.29) is 6.10 Å². The Morgan fingerprint density at radius 3 is 1.96 bits per heavy atom. The molecule has 4 rings (SSSR count). The van der Waals surface area contributed by atoms with Gasteiger partial charge in [-0.15, -0.1) is 10.2 Å². The van der Waals surface area contributed by atoms with E-state index in [2.05, 4.69) is 70.6 Å². The summed E-state index contributed by atoms with van der Waals surface area (Å²) in [5, 5.41) is 20.2. The average molecular weight is 351 g/mol. The maximum atomic E-state index is 9.64. The van der Waals surface area contributed by atoms with Gasteiger partial charge >= 0.3 is 0 Å². The van der Waals surface area contributed by atoms with E-state index in [1.54, 1.807) is 11.3 Å². The third-order valence-corrected chi connectivity index (χ3v) is 5.69. The predicted octanol–water partition coefficient (Wildman–Crippen LogP) is 4.14. The van der Waals surface area contributed by atoms with Crippen molar-refractivity contribution >= 4 is 17.0 Å². The zero-order valence-electron chi connectivity index (χ0n) is 14.2. The molecular weight excluding hydrogens is 330 g/mol. The van der Waals surface area contributed by atoms with Gasteiger partial charge in [-0.2, -0.15) is 0 Å². The van der Waals surface area contributed by atoms with Crippen molar-refractivity contribution in [2.24, 2.45) is 0 Å². The highest BCUT2D eigenvalue weighted by molar-refractivity contribution is 7.17. The Labute approximate surface area is 151 Å². The number of piperidine rings is 1. The van der Waals surface area contributed by atoms with E-state index in [0.29, 0.717) is 0 Å². The maximum Gasteiger partial charge on any atom is 0.148 e. The van der Waals surface area contributed by atoms with Gasteiger partial charge in [0.2, 0.25) is 0 Å². The number of aliphatic hydroxyl groups is 1. The van der Waals surface area contributed by atoms with Crippen molar-refractivity contribution in [3.8, 4) is 21.1 Å². The van der Waals surface area contributed by atoms with Crippen LogP contribution in [0, 0.1) is 6.92 Å². The molecule has 4 nitrogen and oxygen atoms in total. The highest BCUT2D eigenvalue weighted by Crippen LogP contribution is 2.31. The molecule has 1 fully saturated rings. The van der Waals surface area contributed by atoms with Crippen LogP contribution >= 0.6 is 11.3 Å². The summed E-state index contributed by atoms with van der Waals surface area (Å²) in [6, 6.07) is 16.9. The number of rotatable bonds is 3. The average Bonchev–Trinajstić information content (AvgIpc) is 3.13. The van der Waals surface area contributed by atoms with Crippen molar-refractivity contribution in [3.05, 3.63) is 54.1 Å². The summed E-state index contributed by atoms with van der Waals surface area (Å²) >= 11 is 1.62. The third kappa shape index (κ3) is 3.57. The number of nitrogens with zero attached hydrogens (tertiary/aromatic N) is 3. The molecule has 0 saturated carbocycles. The number of anilines is 1. The summed E-state index contributed by atoms with van der Waals surface area (Å²) in [5.74, 6) is 0. The van der Waals surface area contributed by atoms with Crippen LogP contribution in [-0.2, 0) is 0 Å². The zero-order chi connectivity index (χ0) is 17.2. The van der Waals surface area contributed by atoms with Gasteiger partial charge in [-0.1, -0.05) is 41.2 Å². The number of aromatic nitrogens is 2. The first-order chi connectivity index (χ1) is 12.2. The van der Waals surface area contributed by atoms with E-state index in [9.17, 15) is 5.11 Å². The van der Waals surface area contributed by atoms with E-state index in [0.717, 1.165) is 47.1 Å². The van der Waals surface area contributed by atoms with Crippen molar-refractivity contribution in [3.63, 3.8) is 0 Å². The minimum absolute atomic E-state index is 0.142. The predicted molar refractivity (Wildman–Crippen MR) is 103 cm³/mol. The molecule has 0 spiro atoms. The van der Waals surface area contributed by atoms with Gasteiger partial charge < -0.3 is 10.0 Å². The summed E-state index contributed by atoms with van der Waals surface area (Å²) in [4.78, 5) is 2.33. The molecule has 2 aromatic carbocycles. The van der Waals surface area contributed by atoms with Crippen molar-refractivity contribution in [1.82, 2.24) is 10.2 Å². The summed E-state index contributed by atoms with van der Waals surface area (Å²) < 4.78 is 0. The minimum Gasteiger partial charge on any atom is -0.393 e. The van der Waals surface area contributed by atoms with Crippen molar-refractivity contribution in [2.75, 3.05) is 18.0 Å².